The van der Waals surface area contributed by atoms with Crippen LogP contribution in [0.25, 0.3) is 6.08 Å². The van der Waals surface area contributed by atoms with Gasteiger partial charge in [0.2, 0.25) is 5.91 Å². The molecule has 0 bridgehead atoms. The largest absolute Gasteiger partial charge is 0.351 e. The Morgan fingerprint density at radius 3 is 2.81 bits per heavy atom. The molecule has 1 N–H and O–H groups in total. The van der Waals surface area contributed by atoms with E-state index < -0.39 is 0 Å². The number of rotatable bonds is 4. The van der Waals surface area contributed by atoms with Gasteiger partial charge in [0.05, 0.1) is 12.0 Å². The van der Waals surface area contributed by atoms with Crippen molar-refractivity contribution in [2.24, 2.45) is 5.92 Å². The molecule has 1 amide bonds. The van der Waals surface area contributed by atoms with Crippen LogP contribution in [0.1, 0.15) is 12.5 Å². The molecule has 0 radical (unpaired) electrons. The van der Waals surface area contributed by atoms with Crippen LogP contribution in [-0.2, 0) is 4.79 Å². The molecule has 0 saturated heterocycles. The molecule has 0 spiro atoms. The molecule has 0 aliphatic heterocycles. The van der Waals surface area contributed by atoms with Crippen LogP contribution in [0.15, 0.2) is 36.4 Å². The minimum Gasteiger partial charge on any atom is -0.351 e. The molecule has 3 heteroatoms. The third-order valence-electron chi connectivity index (χ3n) is 2.03. The van der Waals surface area contributed by atoms with Crippen molar-refractivity contribution in [3.63, 3.8) is 0 Å². The van der Waals surface area contributed by atoms with E-state index in [9.17, 15) is 4.79 Å². The number of carbonyl (C=O) groups excluding carboxylic acids is 1. The third-order valence-corrected chi connectivity index (χ3v) is 2.03. The lowest BCUT2D eigenvalue weighted by atomic mass is 10.2. The van der Waals surface area contributed by atoms with Crippen LogP contribution in [-0.4, -0.2) is 12.5 Å². The molecule has 16 heavy (non-hydrogen) atoms. The van der Waals surface area contributed by atoms with Gasteiger partial charge in [0, 0.05) is 12.6 Å². The molecule has 1 atom stereocenters. The van der Waals surface area contributed by atoms with Gasteiger partial charge in [-0.3, -0.25) is 4.79 Å². The number of nitrogens with zero attached hydrogens (tertiary/aromatic N) is 1. The zero-order chi connectivity index (χ0) is 11.8. The normalized spacial score (nSPS) is 12.0. The van der Waals surface area contributed by atoms with E-state index in [0.717, 1.165) is 5.56 Å². The quantitative estimate of drug-likeness (QED) is 0.779. The molecule has 0 heterocycles. The minimum atomic E-state index is -0.175. The average Bonchev–Trinajstić information content (AvgIpc) is 2.34. The molecule has 0 saturated carbocycles. The average molecular weight is 214 g/mol. The van der Waals surface area contributed by atoms with Crippen molar-refractivity contribution in [1.82, 2.24) is 5.32 Å². The SMILES string of the molecule is CC(C#N)CNC(=O)C=Cc1ccccc1. The van der Waals surface area contributed by atoms with Gasteiger partial charge in [-0.1, -0.05) is 30.3 Å². The predicted molar refractivity (Wildman–Crippen MR) is 63.3 cm³/mol. The highest BCUT2D eigenvalue weighted by atomic mass is 16.1. The Labute approximate surface area is 95.4 Å². The molecular weight excluding hydrogens is 200 g/mol. The summed E-state index contributed by atoms with van der Waals surface area (Å²) in [6, 6.07) is 11.6. The van der Waals surface area contributed by atoms with Crippen molar-refractivity contribution in [1.29, 1.82) is 5.26 Å². The lowest BCUT2D eigenvalue weighted by molar-refractivity contribution is -0.116. The monoisotopic (exact) mass is 214 g/mol. The number of carbonyl (C=O) groups is 1. The van der Waals surface area contributed by atoms with E-state index in [-0.39, 0.29) is 11.8 Å². The summed E-state index contributed by atoms with van der Waals surface area (Å²) in [6.07, 6.45) is 3.21. The maximum Gasteiger partial charge on any atom is 0.244 e. The van der Waals surface area contributed by atoms with Gasteiger partial charge >= 0.3 is 0 Å². The Hall–Kier alpha value is -2.08. The van der Waals surface area contributed by atoms with E-state index in [1.807, 2.05) is 30.3 Å². The summed E-state index contributed by atoms with van der Waals surface area (Å²) in [5.41, 5.74) is 0.978. The van der Waals surface area contributed by atoms with Gasteiger partial charge in [-0.05, 0) is 18.6 Å². The Kier molecular flexibility index (Phi) is 4.81. The van der Waals surface area contributed by atoms with Crippen LogP contribution in [0.2, 0.25) is 0 Å². The van der Waals surface area contributed by atoms with Crippen molar-refractivity contribution in [3.8, 4) is 6.07 Å². The van der Waals surface area contributed by atoms with Gasteiger partial charge in [0.1, 0.15) is 0 Å². The van der Waals surface area contributed by atoms with Gasteiger partial charge in [-0.2, -0.15) is 5.26 Å². The fourth-order valence-corrected chi connectivity index (χ4v) is 1.09. The molecule has 1 rings (SSSR count). The number of benzene rings is 1. The number of nitriles is 1. The third kappa shape index (κ3) is 4.43. The van der Waals surface area contributed by atoms with Crippen LogP contribution in [0, 0.1) is 17.2 Å². The molecule has 0 aliphatic rings. The van der Waals surface area contributed by atoms with E-state index in [1.54, 1.807) is 13.0 Å². The Balaban J connectivity index is 2.41. The maximum atomic E-state index is 11.3. The first-order chi connectivity index (χ1) is 7.72. The molecular formula is C13H14N2O. The minimum absolute atomic E-state index is 0.158. The van der Waals surface area contributed by atoms with Gasteiger partial charge in [-0.15, -0.1) is 0 Å². The summed E-state index contributed by atoms with van der Waals surface area (Å²) >= 11 is 0. The summed E-state index contributed by atoms with van der Waals surface area (Å²) in [5, 5.41) is 11.2. The number of hydrogen-bond acceptors (Lipinski definition) is 2. The number of hydrogen-bond donors (Lipinski definition) is 1. The molecule has 82 valence electrons. The highest BCUT2D eigenvalue weighted by Crippen LogP contribution is 2.00. The molecule has 1 unspecified atom stereocenters. The Bertz CT molecular complexity index is 404. The molecule has 1 aromatic rings. The van der Waals surface area contributed by atoms with E-state index in [4.69, 9.17) is 5.26 Å². The summed E-state index contributed by atoms with van der Waals surface area (Å²) in [7, 11) is 0. The smallest absolute Gasteiger partial charge is 0.244 e. The van der Waals surface area contributed by atoms with Crippen LogP contribution in [0.4, 0.5) is 0 Å². The first-order valence-electron chi connectivity index (χ1n) is 5.13. The second-order valence-electron chi connectivity index (χ2n) is 3.52. The zero-order valence-electron chi connectivity index (χ0n) is 9.18. The lowest BCUT2D eigenvalue weighted by Gasteiger charge is -2.02. The highest BCUT2D eigenvalue weighted by Gasteiger charge is 2.00. The predicted octanol–water partition coefficient (Wildman–Crippen LogP) is 1.98. The molecule has 3 nitrogen and oxygen atoms in total. The first kappa shape index (κ1) is 12.0. The number of amides is 1. The molecule has 0 fully saturated rings. The zero-order valence-corrected chi connectivity index (χ0v) is 9.18. The van der Waals surface area contributed by atoms with Crippen molar-refractivity contribution in [3.05, 3.63) is 42.0 Å². The maximum absolute atomic E-state index is 11.3. The number of nitrogens with one attached hydrogen (secondary N) is 1. The van der Waals surface area contributed by atoms with E-state index in [0.29, 0.717) is 6.54 Å². The topological polar surface area (TPSA) is 52.9 Å². The van der Waals surface area contributed by atoms with Crippen molar-refractivity contribution >= 4 is 12.0 Å². The van der Waals surface area contributed by atoms with Gasteiger partial charge in [-0.25, -0.2) is 0 Å². The summed E-state index contributed by atoms with van der Waals surface area (Å²) in [4.78, 5) is 11.3. The Morgan fingerprint density at radius 2 is 2.19 bits per heavy atom. The second-order valence-corrected chi connectivity index (χ2v) is 3.52. The van der Waals surface area contributed by atoms with E-state index in [2.05, 4.69) is 11.4 Å². The van der Waals surface area contributed by atoms with Gasteiger partial charge in [0.25, 0.3) is 0 Å². The Morgan fingerprint density at radius 1 is 1.50 bits per heavy atom. The van der Waals surface area contributed by atoms with Crippen LogP contribution < -0.4 is 5.32 Å². The van der Waals surface area contributed by atoms with Crippen LogP contribution in [0.5, 0.6) is 0 Å². The van der Waals surface area contributed by atoms with Crippen molar-refractivity contribution in [2.45, 2.75) is 6.92 Å². The first-order valence-corrected chi connectivity index (χ1v) is 5.13. The van der Waals surface area contributed by atoms with Gasteiger partial charge in [0.15, 0.2) is 0 Å². The van der Waals surface area contributed by atoms with E-state index in [1.165, 1.54) is 6.08 Å². The summed E-state index contributed by atoms with van der Waals surface area (Å²) < 4.78 is 0. The van der Waals surface area contributed by atoms with Gasteiger partial charge < -0.3 is 5.32 Å². The highest BCUT2D eigenvalue weighted by molar-refractivity contribution is 5.91. The fraction of sp³-hybridized carbons (Fsp3) is 0.231. The molecule has 0 aromatic heterocycles. The van der Waals surface area contributed by atoms with Crippen LogP contribution >= 0.6 is 0 Å². The van der Waals surface area contributed by atoms with Crippen LogP contribution in [0.3, 0.4) is 0 Å². The lowest BCUT2D eigenvalue weighted by Crippen LogP contribution is -2.25. The molecule has 1 aromatic carbocycles. The van der Waals surface area contributed by atoms with Crippen molar-refractivity contribution < 1.29 is 4.79 Å². The second kappa shape index (κ2) is 6.41. The van der Waals surface area contributed by atoms with E-state index >= 15 is 0 Å². The summed E-state index contributed by atoms with van der Waals surface area (Å²) in [5.74, 6) is -0.333. The van der Waals surface area contributed by atoms with Crippen molar-refractivity contribution in [2.75, 3.05) is 6.54 Å². The summed E-state index contributed by atoms with van der Waals surface area (Å²) in [6.45, 7) is 2.15. The standard InChI is InChI=1S/C13H14N2O/c1-11(9-14)10-15-13(16)8-7-12-5-3-2-4-6-12/h2-8,11H,10H2,1H3,(H,15,16). The molecule has 0 aliphatic carbocycles. The fourth-order valence-electron chi connectivity index (χ4n) is 1.09.